The number of halogens is 2. The van der Waals surface area contributed by atoms with E-state index in [-0.39, 0.29) is 36.8 Å². The van der Waals surface area contributed by atoms with Crippen LogP contribution >= 0.6 is 24.8 Å². The molecule has 6 heteroatoms. The fraction of sp³-hybridized carbons (Fsp3) is 0.467. The highest BCUT2D eigenvalue weighted by molar-refractivity contribution is 5.85. The van der Waals surface area contributed by atoms with Crippen LogP contribution in [0.25, 0.3) is 0 Å². The minimum atomic E-state index is 0. The van der Waals surface area contributed by atoms with Crippen molar-refractivity contribution in [3.63, 3.8) is 0 Å². The van der Waals surface area contributed by atoms with E-state index in [0.29, 0.717) is 6.42 Å². The Morgan fingerprint density at radius 1 is 1.52 bits per heavy atom. The zero-order chi connectivity index (χ0) is 13.5. The maximum Gasteiger partial charge on any atom is 0.223 e. The van der Waals surface area contributed by atoms with E-state index < -0.39 is 0 Å². The molecule has 1 saturated heterocycles. The average Bonchev–Trinajstić information content (AvgIpc) is 2.48. The Hall–Kier alpha value is -1.10. The van der Waals surface area contributed by atoms with Crippen LogP contribution in [0, 0.1) is 0 Å². The maximum absolute atomic E-state index is 12.3. The molecule has 2 heterocycles. The first-order valence-corrected chi connectivity index (χ1v) is 6.84. The number of hydrogen-bond acceptors (Lipinski definition) is 3. The third-order valence-corrected chi connectivity index (χ3v) is 3.43. The summed E-state index contributed by atoms with van der Waals surface area (Å²) in [5, 5.41) is 3.35. The fourth-order valence-electron chi connectivity index (χ4n) is 2.41. The highest BCUT2D eigenvalue weighted by Gasteiger charge is 2.27. The monoisotopic (exact) mass is 331 g/mol. The van der Waals surface area contributed by atoms with Gasteiger partial charge in [0, 0.05) is 38.4 Å². The number of nitrogens with zero attached hydrogens (tertiary/aromatic N) is 2. The predicted molar refractivity (Wildman–Crippen MR) is 90.1 cm³/mol. The number of carbonyl (C=O) groups is 1. The molecule has 0 bridgehead atoms. The van der Waals surface area contributed by atoms with Crippen molar-refractivity contribution in [1.29, 1.82) is 0 Å². The van der Waals surface area contributed by atoms with Gasteiger partial charge in [-0.2, -0.15) is 0 Å². The standard InChI is InChI=1S/C15H21N3O.2ClH/c1-2-3-4-7-15(19)18-10-9-17-12-14(18)13-6-5-8-16-11-13;;/h2,5-6,8,11,14,17H,1,3-4,7,9-10,12H2;2*1H. The Morgan fingerprint density at radius 2 is 2.33 bits per heavy atom. The molecule has 2 rings (SSSR count). The molecule has 1 aromatic rings. The van der Waals surface area contributed by atoms with Gasteiger partial charge in [0.15, 0.2) is 0 Å². The van der Waals surface area contributed by atoms with Crippen molar-refractivity contribution >= 4 is 30.7 Å². The summed E-state index contributed by atoms with van der Waals surface area (Å²) < 4.78 is 0. The Kier molecular flexibility index (Phi) is 10.0. The summed E-state index contributed by atoms with van der Waals surface area (Å²) in [6, 6.07) is 4.07. The number of carbonyl (C=O) groups excluding carboxylic acids is 1. The Labute approximate surface area is 138 Å². The molecule has 118 valence electrons. The quantitative estimate of drug-likeness (QED) is 0.666. The van der Waals surface area contributed by atoms with Crippen molar-refractivity contribution in [2.75, 3.05) is 19.6 Å². The van der Waals surface area contributed by atoms with Crippen molar-refractivity contribution in [3.05, 3.63) is 42.7 Å². The predicted octanol–water partition coefficient (Wildman–Crippen LogP) is 2.75. The van der Waals surface area contributed by atoms with Crippen molar-refractivity contribution in [2.24, 2.45) is 0 Å². The van der Waals surface area contributed by atoms with Gasteiger partial charge in [-0.3, -0.25) is 9.78 Å². The van der Waals surface area contributed by atoms with E-state index in [2.05, 4.69) is 16.9 Å². The van der Waals surface area contributed by atoms with E-state index in [0.717, 1.165) is 38.0 Å². The van der Waals surface area contributed by atoms with Gasteiger partial charge in [0.1, 0.15) is 0 Å². The molecule has 0 radical (unpaired) electrons. The molecule has 0 aliphatic carbocycles. The van der Waals surface area contributed by atoms with Gasteiger partial charge in [-0.05, 0) is 24.5 Å². The van der Waals surface area contributed by atoms with Gasteiger partial charge in [-0.25, -0.2) is 0 Å². The summed E-state index contributed by atoms with van der Waals surface area (Å²) in [4.78, 5) is 18.4. The molecule has 1 aromatic heterocycles. The van der Waals surface area contributed by atoms with Crippen molar-refractivity contribution in [2.45, 2.75) is 25.3 Å². The molecule has 1 unspecified atom stereocenters. The summed E-state index contributed by atoms with van der Waals surface area (Å²) in [6.07, 6.45) is 7.85. The lowest BCUT2D eigenvalue weighted by atomic mass is 10.0. The lowest BCUT2D eigenvalue weighted by molar-refractivity contribution is -0.134. The molecule has 21 heavy (non-hydrogen) atoms. The van der Waals surface area contributed by atoms with Crippen LogP contribution in [0.2, 0.25) is 0 Å². The summed E-state index contributed by atoms with van der Waals surface area (Å²) in [5.74, 6) is 0.234. The summed E-state index contributed by atoms with van der Waals surface area (Å²) in [6.45, 7) is 6.13. The Balaban J connectivity index is 0.00000200. The van der Waals surface area contributed by atoms with E-state index in [4.69, 9.17) is 0 Å². The molecular weight excluding hydrogens is 309 g/mol. The van der Waals surface area contributed by atoms with Crippen molar-refractivity contribution in [1.82, 2.24) is 15.2 Å². The fourth-order valence-corrected chi connectivity index (χ4v) is 2.41. The van der Waals surface area contributed by atoms with Gasteiger partial charge in [0.05, 0.1) is 6.04 Å². The molecule has 0 saturated carbocycles. The van der Waals surface area contributed by atoms with E-state index in [1.807, 2.05) is 29.3 Å². The molecule has 0 aromatic carbocycles. The first-order valence-electron chi connectivity index (χ1n) is 6.84. The number of allylic oxidation sites excluding steroid dienone is 1. The highest BCUT2D eigenvalue weighted by atomic mass is 35.5. The summed E-state index contributed by atoms with van der Waals surface area (Å²) >= 11 is 0. The van der Waals surface area contributed by atoms with E-state index >= 15 is 0 Å². The van der Waals surface area contributed by atoms with E-state index in [1.165, 1.54) is 0 Å². The Bertz CT molecular complexity index is 428. The molecule has 1 fully saturated rings. The third-order valence-electron chi connectivity index (χ3n) is 3.43. The first-order chi connectivity index (χ1) is 9.33. The van der Waals surface area contributed by atoms with Gasteiger partial charge >= 0.3 is 0 Å². The molecule has 1 atom stereocenters. The number of hydrogen-bond donors (Lipinski definition) is 1. The summed E-state index contributed by atoms with van der Waals surface area (Å²) in [5.41, 5.74) is 1.10. The molecule has 0 spiro atoms. The number of nitrogens with one attached hydrogen (secondary N) is 1. The minimum absolute atomic E-state index is 0. The summed E-state index contributed by atoms with van der Waals surface area (Å²) in [7, 11) is 0. The number of piperazine rings is 1. The minimum Gasteiger partial charge on any atom is -0.333 e. The SMILES string of the molecule is C=CCCCC(=O)N1CCNCC1c1cccnc1.Cl.Cl. The van der Waals surface area contributed by atoms with Gasteiger partial charge in [-0.1, -0.05) is 12.1 Å². The van der Waals surface area contributed by atoms with E-state index in [1.54, 1.807) is 6.20 Å². The average molecular weight is 332 g/mol. The number of rotatable bonds is 5. The zero-order valence-electron chi connectivity index (χ0n) is 12.0. The van der Waals surface area contributed by atoms with Crippen LogP contribution in [0.15, 0.2) is 37.2 Å². The van der Waals surface area contributed by atoms with Gasteiger partial charge in [0.2, 0.25) is 5.91 Å². The number of amides is 1. The second kappa shape index (κ2) is 10.6. The van der Waals surface area contributed by atoms with E-state index in [9.17, 15) is 4.79 Å². The van der Waals surface area contributed by atoms with Gasteiger partial charge in [-0.15, -0.1) is 31.4 Å². The van der Waals surface area contributed by atoms with Crippen LogP contribution in [-0.4, -0.2) is 35.4 Å². The van der Waals surface area contributed by atoms with Gasteiger partial charge in [0.25, 0.3) is 0 Å². The van der Waals surface area contributed by atoms with Crippen LogP contribution in [-0.2, 0) is 4.79 Å². The molecule has 1 aliphatic heterocycles. The van der Waals surface area contributed by atoms with Crippen LogP contribution < -0.4 is 5.32 Å². The number of pyridine rings is 1. The molecule has 4 nitrogen and oxygen atoms in total. The molecule has 1 aliphatic rings. The van der Waals surface area contributed by atoms with Crippen molar-refractivity contribution < 1.29 is 4.79 Å². The van der Waals surface area contributed by atoms with Crippen LogP contribution in [0.1, 0.15) is 30.9 Å². The van der Waals surface area contributed by atoms with Crippen LogP contribution in [0.5, 0.6) is 0 Å². The topological polar surface area (TPSA) is 45.2 Å². The first kappa shape index (κ1) is 19.9. The maximum atomic E-state index is 12.3. The lowest BCUT2D eigenvalue weighted by Gasteiger charge is -2.36. The second-order valence-electron chi connectivity index (χ2n) is 4.77. The lowest BCUT2D eigenvalue weighted by Crippen LogP contribution is -2.48. The Morgan fingerprint density at radius 3 is 3.00 bits per heavy atom. The normalized spacial score (nSPS) is 17.3. The highest BCUT2D eigenvalue weighted by Crippen LogP contribution is 2.22. The van der Waals surface area contributed by atoms with Gasteiger partial charge < -0.3 is 10.2 Å². The smallest absolute Gasteiger partial charge is 0.223 e. The van der Waals surface area contributed by atoms with Crippen LogP contribution in [0.3, 0.4) is 0 Å². The molecular formula is C15H23Cl2N3O. The second-order valence-corrected chi connectivity index (χ2v) is 4.77. The number of unbranched alkanes of at least 4 members (excludes halogenated alkanes) is 1. The third kappa shape index (κ3) is 5.65. The molecule has 1 amide bonds. The largest absolute Gasteiger partial charge is 0.333 e. The zero-order valence-corrected chi connectivity index (χ0v) is 13.7. The molecule has 1 N–H and O–H groups in total. The number of aromatic nitrogens is 1. The van der Waals surface area contributed by atoms with Crippen LogP contribution in [0.4, 0.5) is 0 Å². The van der Waals surface area contributed by atoms with Crippen molar-refractivity contribution in [3.8, 4) is 0 Å².